The number of benzene rings is 1. The smallest absolute Gasteiger partial charge is 0.274 e. The van der Waals surface area contributed by atoms with Gasteiger partial charge in [-0.15, -0.1) is 12.4 Å². The second-order valence-corrected chi connectivity index (χ2v) is 6.07. The van der Waals surface area contributed by atoms with Crippen LogP contribution in [-0.2, 0) is 11.8 Å². The number of aromatic nitrogens is 2. The molecule has 0 saturated carbocycles. The molecule has 3 rings (SSSR count). The van der Waals surface area contributed by atoms with E-state index in [1.807, 2.05) is 13.2 Å². The molecular formula is C16H20ClN5O3. The average molecular weight is 366 g/mol. The maximum atomic E-state index is 12.6. The highest BCUT2D eigenvalue weighted by atomic mass is 35.5. The van der Waals surface area contributed by atoms with Crippen molar-refractivity contribution in [2.45, 2.75) is 12.8 Å². The Morgan fingerprint density at radius 2 is 2.20 bits per heavy atom. The number of nitro groups is 1. The second kappa shape index (κ2) is 7.62. The number of halogens is 1. The Balaban J connectivity index is 0.00000225. The van der Waals surface area contributed by atoms with Crippen LogP contribution < -0.4 is 10.6 Å². The van der Waals surface area contributed by atoms with Crippen molar-refractivity contribution in [3.63, 3.8) is 0 Å². The average Bonchev–Trinajstić information content (AvgIpc) is 3.17. The summed E-state index contributed by atoms with van der Waals surface area (Å²) in [5.74, 6) is -0.347. The number of hydrogen-bond donors (Lipinski definition) is 2. The molecule has 134 valence electrons. The number of carbonyl (C=O) groups is 1. The van der Waals surface area contributed by atoms with E-state index < -0.39 is 4.92 Å². The second-order valence-electron chi connectivity index (χ2n) is 6.07. The number of carbonyl (C=O) groups excluding carboxylic acids is 1. The largest absolute Gasteiger partial charge is 0.326 e. The molecule has 2 aromatic rings. The van der Waals surface area contributed by atoms with Crippen molar-refractivity contribution in [3.8, 4) is 0 Å². The van der Waals surface area contributed by atoms with Gasteiger partial charge in [0.25, 0.3) is 5.69 Å². The predicted molar refractivity (Wildman–Crippen MR) is 96.0 cm³/mol. The quantitative estimate of drug-likeness (QED) is 0.637. The maximum absolute atomic E-state index is 12.6. The third kappa shape index (κ3) is 3.97. The molecule has 1 saturated heterocycles. The highest BCUT2D eigenvalue weighted by Crippen LogP contribution is 2.29. The maximum Gasteiger partial charge on any atom is 0.274 e. The van der Waals surface area contributed by atoms with E-state index in [9.17, 15) is 14.9 Å². The van der Waals surface area contributed by atoms with Gasteiger partial charge in [-0.3, -0.25) is 19.6 Å². The molecule has 0 aliphatic carbocycles. The lowest BCUT2D eigenvalue weighted by molar-refractivity contribution is -0.385. The summed E-state index contributed by atoms with van der Waals surface area (Å²) in [5, 5.41) is 21.2. The Bertz CT molecular complexity index is 792. The monoisotopic (exact) mass is 365 g/mol. The number of nitro benzene ring substituents is 1. The topological polar surface area (TPSA) is 102 Å². The molecule has 0 unspecified atom stereocenters. The van der Waals surface area contributed by atoms with Crippen molar-refractivity contribution in [2.75, 3.05) is 18.4 Å². The van der Waals surface area contributed by atoms with Gasteiger partial charge in [-0.25, -0.2) is 0 Å². The third-order valence-corrected chi connectivity index (χ3v) is 4.38. The van der Waals surface area contributed by atoms with Gasteiger partial charge in [0.2, 0.25) is 5.91 Å². The van der Waals surface area contributed by atoms with E-state index in [0.29, 0.717) is 24.3 Å². The van der Waals surface area contributed by atoms with Gasteiger partial charge in [0.05, 0.1) is 17.0 Å². The molecule has 1 aliphatic heterocycles. The van der Waals surface area contributed by atoms with Crippen LogP contribution in [0, 0.1) is 23.0 Å². The van der Waals surface area contributed by atoms with E-state index >= 15 is 0 Å². The van der Waals surface area contributed by atoms with Crippen LogP contribution in [0.5, 0.6) is 0 Å². The van der Waals surface area contributed by atoms with E-state index in [2.05, 4.69) is 15.7 Å². The first-order chi connectivity index (χ1) is 11.5. The molecule has 1 aliphatic rings. The summed E-state index contributed by atoms with van der Waals surface area (Å²) in [7, 11) is 1.84. The minimum absolute atomic E-state index is 0. The van der Waals surface area contributed by atoms with Crippen LogP contribution in [0.3, 0.4) is 0 Å². The first kappa shape index (κ1) is 18.9. The number of rotatable bonds is 4. The van der Waals surface area contributed by atoms with E-state index in [1.54, 1.807) is 29.9 Å². The number of hydrogen-bond acceptors (Lipinski definition) is 5. The zero-order valence-electron chi connectivity index (χ0n) is 13.9. The van der Waals surface area contributed by atoms with Crippen LogP contribution in [0.2, 0.25) is 0 Å². The molecule has 1 aromatic carbocycles. The standard InChI is InChI=1S/C16H19N5O3.ClH/c1-10-3-4-12(5-15(10)21(23)24)19-16(22)14-8-17-7-13(14)11-6-18-20(2)9-11;/h3-6,9,13-14,17H,7-8H2,1-2H3,(H,19,22);1H/t13-,14+;/m1./s1. The third-order valence-electron chi connectivity index (χ3n) is 4.38. The summed E-state index contributed by atoms with van der Waals surface area (Å²) in [6.45, 7) is 2.94. The first-order valence-corrected chi connectivity index (χ1v) is 7.71. The Kier molecular flexibility index (Phi) is 5.76. The van der Waals surface area contributed by atoms with Crippen molar-refractivity contribution in [3.05, 3.63) is 51.8 Å². The molecular weight excluding hydrogens is 346 g/mol. The van der Waals surface area contributed by atoms with Gasteiger partial charge in [-0.1, -0.05) is 6.07 Å². The number of anilines is 1. The highest BCUT2D eigenvalue weighted by Gasteiger charge is 2.34. The fourth-order valence-electron chi connectivity index (χ4n) is 3.05. The summed E-state index contributed by atoms with van der Waals surface area (Å²) in [6, 6.07) is 4.72. The first-order valence-electron chi connectivity index (χ1n) is 7.71. The fourth-order valence-corrected chi connectivity index (χ4v) is 3.05. The molecule has 2 heterocycles. The van der Waals surface area contributed by atoms with Crippen molar-refractivity contribution in [1.29, 1.82) is 0 Å². The summed E-state index contributed by atoms with van der Waals surface area (Å²) in [5.41, 5.74) is 2.02. The van der Waals surface area contributed by atoms with E-state index in [1.165, 1.54) is 6.07 Å². The molecule has 1 amide bonds. The van der Waals surface area contributed by atoms with E-state index in [0.717, 1.165) is 5.56 Å². The summed E-state index contributed by atoms with van der Waals surface area (Å²) in [4.78, 5) is 23.2. The predicted octanol–water partition coefficient (Wildman–Crippen LogP) is 2.00. The zero-order valence-corrected chi connectivity index (χ0v) is 14.7. The van der Waals surface area contributed by atoms with Crippen LogP contribution in [0.1, 0.15) is 17.0 Å². The molecule has 2 N–H and O–H groups in total. The van der Waals surface area contributed by atoms with Gasteiger partial charge in [0.1, 0.15) is 0 Å². The van der Waals surface area contributed by atoms with Gasteiger partial charge >= 0.3 is 0 Å². The van der Waals surface area contributed by atoms with Crippen LogP contribution in [0.15, 0.2) is 30.6 Å². The molecule has 9 heteroatoms. The lowest BCUT2D eigenvalue weighted by Gasteiger charge is -2.17. The summed E-state index contributed by atoms with van der Waals surface area (Å²) >= 11 is 0. The minimum atomic E-state index is -0.444. The lowest BCUT2D eigenvalue weighted by atomic mass is 9.90. The SMILES string of the molecule is Cc1ccc(NC(=O)[C@H]2CNC[C@@H]2c2cnn(C)c2)cc1[N+](=O)[O-].Cl. The lowest BCUT2D eigenvalue weighted by Crippen LogP contribution is -2.28. The van der Waals surface area contributed by atoms with Crippen LogP contribution in [0.25, 0.3) is 0 Å². The van der Waals surface area contributed by atoms with Gasteiger partial charge in [-0.2, -0.15) is 5.10 Å². The van der Waals surface area contributed by atoms with Gasteiger partial charge in [0, 0.05) is 49.6 Å². The molecule has 0 spiro atoms. The number of nitrogens with zero attached hydrogens (tertiary/aromatic N) is 3. The minimum Gasteiger partial charge on any atom is -0.326 e. The van der Waals surface area contributed by atoms with Crippen molar-refractivity contribution >= 4 is 29.7 Å². The molecule has 2 atom stereocenters. The number of aryl methyl sites for hydroxylation is 2. The van der Waals surface area contributed by atoms with Crippen molar-refractivity contribution in [1.82, 2.24) is 15.1 Å². The molecule has 1 fully saturated rings. The fraction of sp³-hybridized carbons (Fsp3) is 0.375. The Hall–Kier alpha value is -2.45. The van der Waals surface area contributed by atoms with Crippen LogP contribution >= 0.6 is 12.4 Å². The molecule has 8 nitrogen and oxygen atoms in total. The van der Waals surface area contributed by atoms with Gasteiger partial charge in [-0.05, 0) is 18.6 Å². The number of amides is 1. The summed E-state index contributed by atoms with van der Waals surface area (Å²) in [6.07, 6.45) is 3.68. The van der Waals surface area contributed by atoms with Gasteiger partial charge < -0.3 is 10.6 Å². The van der Waals surface area contributed by atoms with Crippen LogP contribution in [-0.4, -0.2) is 33.7 Å². The normalized spacial score (nSPS) is 19.3. The molecule has 25 heavy (non-hydrogen) atoms. The molecule has 1 aromatic heterocycles. The Labute approximate surface area is 151 Å². The molecule has 0 bridgehead atoms. The van der Waals surface area contributed by atoms with Crippen molar-refractivity contribution < 1.29 is 9.72 Å². The Morgan fingerprint density at radius 1 is 1.44 bits per heavy atom. The van der Waals surface area contributed by atoms with E-state index in [-0.39, 0.29) is 35.8 Å². The Morgan fingerprint density at radius 3 is 2.84 bits per heavy atom. The zero-order chi connectivity index (χ0) is 17.3. The van der Waals surface area contributed by atoms with Crippen LogP contribution in [0.4, 0.5) is 11.4 Å². The molecule has 0 radical (unpaired) electrons. The van der Waals surface area contributed by atoms with E-state index in [4.69, 9.17) is 0 Å². The number of nitrogens with one attached hydrogen (secondary N) is 2. The van der Waals surface area contributed by atoms with Gasteiger partial charge in [0.15, 0.2) is 0 Å². The highest BCUT2D eigenvalue weighted by molar-refractivity contribution is 5.94. The summed E-state index contributed by atoms with van der Waals surface area (Å²) < 4.78 is 1.71. The van der Waals surface area contributed by atoms with Crippen molar-refractivity contribution in [2.24, 2.45) is 13.0 Å².